The summed E-state index contributed by atoms with van der Waals surface area (Å²) in [5, 5.41) is 0. The summed E-state index contributed by atoms with van der Waals surface area (Å²) in [5.41, 5.74) is 6.31. The van der Waals surface area contributed by atoms with Gasteiger partial charge in [-0.05, 0) is 37.1 Å². The molecule has 0 atom stereocenters. The van der Waals surface area contributed by atoms with E-state index in [-0.39, 0.29) is 5.82 Å². The van der Waals surface area contributed by atoms with Gasteiger partial charge in [-0.15, -0.1) is 0 Å². The Bertz CT molecular complexity index is 281. The summed E-state index contributed by atoms with van der Waals surface area (Å²) in [4.78, 5) is 0. The summed E-state index contributed by atoms with van der Waals surface area (Å²) < 4.78 is 12.7. The molecule has 0 aliphatic carbocycles. The Morgan fingerprint density at radius 3 is 2.85 bits per heavy atom. The van der Waals surface area contributed by atoms with Crippen molar-refractivity contribution in [3.8, 4) is 0 Å². The summed E-state index contributed by atoms with van der Waals surface area (Å²) >= 11 is 0. The first-order valence-electron chi connectivity index (χ1n) is 4.42. The van der Waals surface area contributed by atoms with E-state index in [1.165, 1.54) is 6.07 Å². The highest BCUT2D eigenvalue weighted by Gasteiger charge is 1.91. The van der Waals surface area contributed by atoms with Crippen LogP contribution >= 0.6 is 0 Å². The molecule has 70 valence electrons. The third-order valence-corrected chi connectivity index (χ3v) is 1.74. The van der Waals surface area contributed by atoms with Crippen LogP contribution in [0.4, 0.5) is 4.39 Å². The van der Waals surface area contributed by atoms with Gasteiger partial charge in [-0.25, -0.2) is 4.39 Å². The molecule has 0 heterocycles. The molecule has 1 aromatic rings. The molecule has 2 heteroatoms. The molecule has 0 saturated carbocycles. The van der Waals surface area contributed by atoms with Crippen LogP contribution in [0, 0.1) is 5.82 Å². The summed E-state index contributed by atoms with van der Waals surface area (Å²) in [6, 6.07) is 6.64. The van der Waals surface area contributed by atoms with Crippen LogP contribution in [0.3, 0.4) is 0 Å². The fourth-order valence-electron chi connectivity index (χ4n) is 1.10. The maximum Gasteiger partial charge on any atom is 0.123 e. The molecule has 1 aromatic carbocycles. The van der Waals surface area contributed by atoms with E-state index in [4.69, 9.17) is 5.73 Å². The Hall–Kier alpha value is -1.15. The summed E-state index contributed by atoms with van der Waals surface area (Å²) in [6.07, 6.45) is 5.69. The molecular formula is C11H14FN. The van der Waals surface area contributed by atoms with Crippen LogP contribution in [0.15, 0.2) is 36.4 Å². The first kappa shape index (κ1) is 9.93. The van der Waals surface area contributed by atoms with Crippen molar-refractivity contribution in [3.05, 3.63) is 47.8 Å². The van der Waals surface area contributed by atoms with Crippen molar-refractivity contribution in [3.63, 3.8) is 0 Å². The van der Waals surface area contributed by atoms with Gasteiger partial charge in [0, 0.05) is 0 Å². The van der Waals surface area contributed by atoms with Gasteiger partial charge in [0.2, 0.25) is 0 Å². The first-order chi connectivity index (χ1) is 6.33. The third kappa shape index (κ3) is 3.85. The molecule has 0 aliphatic rings. The van der Waals surface area contributed by atoms with Crippen molar-refractivity contribution >= 4 is 0 Å². The van der Waals surface area contributed by atoms with Gasteiger partial charge in [0.05, 0.1) is 0 Å². The molecule has 0 fully saturated rings. The van der Waals surface area contributed by atoms with Gasteiger partial charge in [0.15, 0.2) is 0 Å². The Morgan fingerprint density at radius 2 is 2.15 bits per heavy atom. The van der Waals surface area contributed by atoms with Gasteiger partial charge < -0.3 is 5.73 Å². The summed E-state index contributed by atoms with van der Waals surface area (Å²) in [7, 11) is 0. The largest absolute Gasteiger partial charge is 0.330 e. The topological polar surface area (TPSA) is 26.0 Å². The average Bonchev–Trinajstić information content (AvgIpc) is 2.13. The van der Waals surface area contributed by atoms with E-state index in [0.717, 1.165) is 18.4 Å². The number of benzene rings is 1. The molecule has 0 unspecified atom stereocenters. The minimum atomic E-state index is -0.176. The molecule has 0 radical (unpaired) electrons. The minimum Gasteiger partial charge on any atom is -0.330 e. The van der Waals surface area contributed by atoms with E-state index in [1.54, 1.807) is 12.1 Å². The Balaban J connectivity index is 2.45. The lowest BCUT2D eigenvalue weighted by molar-refractivity contribution is 0.626. The first-order valence-corrected chi connectivity index (χ1v) is 4.42. The second-order valence-electron chi connectivity index (χ2n) is 2.88. The van der Waals surface area contributed by atoms with Crippen molar-refractivity contribution in [2.45, 2.75) is 12.8 Å². The monoisotopic (exact) mass is 179 g/mol. The Labute approximate surface area is 78.1 Å². The van der Waals surface area contributed by atoms with Gasteiger partial charge >= 0.3 is 0 Å². The molecule has 0 spiro atoms. The van der Waals surface area contributed by atoms with Crippen LogP contribution in [0.1, 0.15) is 12.0 Å². The van der Waals surface area contributed by atoms with Crippen molar-refractivity contribution in [2.75, 3.05) is 6.54 Å². The summed E-state index contributed by atoms with van der Waals surface area (Å²) in [5.74, 6) is -0.176. The third-order valence-electron chi connectivity index (χ3n) is 1.74. The zero-order chi connectivity index (χ0) is 9.52. The van der Waals surface area contributed by atoms with Crippen molar-refractivity contribution < 1.29 is 4.39 Å². The van der Waals surface area contributed by atoms with Gasteiger partial charge in [0.1, 0.15) is 5.82 Å². The molecule has 2 N–H and O–H groups in total. The lowest BCUT2D eigenvalue weighted by Crippen LogP contribution is -1.95. The second-order valence-corrected chi connectivity index (χ2v) is 2.88. The van der Waals surface area contributed by atoms with Crippen LogP contribution in [0.25, 0.3) is 0 Å². The predicted molar refractivity (Wildman–Crippen MR) is 52.9 cm³/mol. The number of rotatable bonds is 4. The zero-order valence-electron chi connectivity index (χ0n) is 7.54. The van der Waals surface area contributed by atoms with Gasteiger partial charge in [0.25, 0.3) is 0 Å². The van der Waals surface area contributed by atoms with E-state index in [0.29, 0.717) is 6.54 Å². The number of nitrogens with two attached hydrogens (primary N) is 1. The van der Waals surface area contributed by atoms with Crippen LogP contribution in [-0.4, -0.2) is 6.54 Å². The second kappa shape index (κ2) is 5.49. The number of allylic oxidation sites excluding steroid dienone is 1. The van der Waals surface area contributed by atoms with E-state index in [1.807, 2.05) is 18.2 Å². The molecule has 13 heavy (non-hydrogen) atoms. The number of halogens is 1. The SMILES string of the molecule is NCCC=CCc1cccc(F)c1. The van der Waals surface area contributed by atoms with Crippen molar-refractivity contribution in [2.24, 2.45) is 5.73 Å². The van der Waals surface area contributed by atoms with Crippen LogP contribution in [0.5, 0.6) is 0 Å². The Kier molecular flexibility index (Phi) is 4.19. The predicted octanol–water partition coefficient (Wildman–Crippen LogP) is 2.27. The minimum absolute atomic E-state index is 0.176. The molecule has 0 saturated heterocycles. The molecule has 1 nitrogen and oxygen atoms in total. The maximum atomic E-state index is 12.7. The fraction of sp³-hybridized carbons (Fsp3) is 0.273. The lowest BCUT2D eigenvalue weighted by Gasteiger charge is -1.95. The van der Waals surface area contributed by atoms with Gasteiger partial charge in [-0.3, -0.25) is 0 Å². The molecule has 0 bridgehead atoms. The van der Waals surface area contributed by atoms with Gasteiger partial charge in [-0.1, -0.05) is 24.3 Å². The fourth-order valence-corrected chi connectivity index (χ4v) is 1.10. The van der Waals surface area contributed by atoms with Crippen LogP contribution in [0.2, 0.25) is 0 Å². The molecule has 0 amide bonds. The molecule has 0 aromatic heterocycles. The molecule has 1 rings (SSSR count). The summed E-state index contributed by atoms with van der Waals surface area (Å²) in [6.45, 7) is 0.666. The van der Waals surface area contributed by atoms with Crippen LogP contribution in [-0.2, 0) is 6.42 Å². The average molecular weight is 179 g/mol. The number of hydrogen-bond acceptors (Lipinski definition) is 1. The van der Waals surface area contributed by atoms with E-state index < -0.39 is 0 Å². The molecule has 0 aliphatic heterocycles. The lowest BCUT2D eigenvalue weighted by atomic mass is 10.1. The quantitative estimate of drug-likeness (QED) is 0.705. The highest BCUT2D eigenvalue weighted by Crippen LogP contribution is 2.04. The maximum absolute atomic E-state index is 12.7. The highest BCUT2D eigenvalue weighted by molar-refractivity contribution is 5.18. The van der Waals surface area contributed by atoms with E-state index in [9.17, 15) is 4.39 Å². The number of hydrogen-bond donors (Lipinski definition) is 1. The zero-order valence-corrected chi connectivity index (χ0v) is 7.54. The normalized spacial score (nSPS) is 10.9. The van der Waals surface area contributed by atoms with E-state index in [2.05, 4.69) is 0 Å². The molecular weight excluding hydrogens is 165 g/mol. The standard InChI is InChI=1S/C11H14FN/c12-11-7-4-6-10(9-11)5-2-1-3-8-13/h1-2,4,6-7,9H,3,5,8,13H2. The highest BCUT2D eigenvalue weighted by atomic mass is 19.1. The van der Waals surface area contributed by atoms with E-state index >= 15 is 0 Å². The smallest absolute Gasteiger partial charge is 0.123 e. The van der Waals surface area contributed by atoms with Crippen molar-refractivity contribution in [1.29, 1.82) is 0 Å². The Morgan fingerprint density at radius 1 is 1.31 bits per heavy atom. The van der Waals surface area contributed by atoms with Gasteiger partial charge in [-0.2, -0.15) is 0 Å². The van der Waals surface area contributed by atoms with Crippen LogP contribution < -0.4 is 5.73 Å². The van der Waals surface area contributed by atoms with Crippen molar-refractivity contribution in [1.82, 2.24) is 0 Å².